The van der Waals surface area contributed by atoms with E-state index in [1.165, 1.54) is 10.6 Å². The van der Waals surface area contributed by atoms with Gasteiger partial charge in [-0.15, -0.1) is 21.8 Å². The summed E-state index contributed by atoms with van der Waals surface area (Å²) in [5, 5.41) is 25.7. The first-order chi connectivity index (χ1) is 9.08. The molecule has 0 aliphatic carbocycles. The summed E-state index contributed by atoms with van der Waals surface area (Å²) in [5.74, 6) is -1.60. The second-order valence-electron chi connectivity index (χ2n) is 3.63. The van der Waals surface area contributed by atoms with Crippen LogP contribution in [0.5, 0.6) is 0 Å². The number of aliphatic hydroxyl groups excluding tert-OH is 1. The average molecular weight is 286 g/mol. The second-order valence-corrected chi connectivity index (χ2v) is 3.89. The predicted molar refractivity (Wildman–Crippen MR) is 63.8 cm³/mol. The summed E-state index contributed by atoms with van der Waals surface area (Å²) in [6.45, 7) is -0.444. The van der Waals surface area contributed by atoms with E-state index in [9.17, 15) is 14.3 Å². The van der Waals surface area contributed by atoms with Crippen molar-refractivity contribution in [2.24, 2.45) is 0 Å². The van der Waals surface area contributed by atoms with E-state index in [-0.39, 0.29) is 28.8 Å². The van der Waals surface area contributed by atoms with E-state index in [0.717, 1.165) is 12.1 Å². The number of rotatable bonds is 4. The van der Waals surface area contributed by atoms with E-state index in [4.69, 9.17) is 16.7 Å². The monoisotopic (exact) mass is 285 g/mol. The number of carboxylic acids is 1. The molecule has 0 radical (unpaired) electrons. The molecule has 100 valence electrons. The van der Waals surface area contributed by atoms with Gasteiger partial charge in [-0.3, -0.25) is 4.57 Å². The van der Waals surface area contributed by atoms with Crippen LogP contribution in [0.3, 0.4) is 0 Å². The Morgan fingerprint density at radius 1 is 1.37 bits per heavy atom. The largest absolute Gasteiger partial charge is 0.478 e. The maximum absolute atomic E-state index is 13.1. The van der Waals surface area contributed by atoms with Gasteiger partial charge in [0.25, 0.3) is 0 Å². The van der Waals surface area contributed by atoms with Crippen molar-refractivity contribution in [3.05, 3.63) is 41.2 Å². The molecular formula is C11H9ClFN3O3. The highest BCUT2D eigenvalue weighted by Crippen LogP contribution is 2.20. The van der Waals surface area contributed by atoms with Crippen LogP contribution in [0.1, 0.15) is 22.0 Å². The lowest BCUT2D eigenvalue weighted by molar-refractivity contribution is 0.0696. The molecule has 8 heteroatoms. The molecule has 0 saturated heterocycles. The van der Waals surface area contributed by atoms with Gasteiger partial charge in [-0.1, -0.05) is 0 Å². The van der Waals surface area contributed by atoms with Gasteiger partial charge >= 0.3 is 5.97 Å². The van der Waals surface area contributed by atoms with Gasteiger partial charge in [0.15, 0.2) is 11.6 Å². The Morgan fingerprint density at radius 2 is 2.05 bits per heavy atom. The molecule has 0 bridgehead atoms. The van der Waals surface area contributed by atoms with Crippen molar-refractivity contribution in [1.82, 2.24) is 14.8 Å². The van der Waals surface area contributed by atoms with Gasteiger partial charge in [0.1, 0.15) is 12.4 Å². The fraction of sp³-hybridized carbons (Fsp3) is 0.182. The van der Waals surface area contributed by atoms with Crippen LogP contribution in [0.2, 0.25) is 0 Å². The maximum Gasteiger partial charge on any atom is 0.337 e. The van der Waals surface area contributed by atoms with Crippen LogP contribution in [0, 0.1) is 5.82 Å². The molecule has 0 amide bonds. The number of aromatic nitrogens is 3. The van der Waals surface area contributed by atoms with Crippen molar-refractivity contribution in [2.45, 2.75) is 12.5 Å². The number of halogens is 2. The first-order valence-electron chi connectivity index (χ1n) is 5.21. The van der Waals surface area contributed by atoms with E-state index in [1.54, 1.807) is 0 Å². The molecule has 0 fully saturated rings. The van der Waals surface area contributed by atoms with E-state index in [1.807, 2.05) is 0 Å². The standard InChI is InChI=1S/C11H9ClFN3O3/c12-4-9-14-15-10(5-17)16(9)8-2-1-6(13)3-7(8)11(18)19/h1-3,17H,4-5H2,(H,18,19). The van der Waals surface area contributed by atoms with Gasteiger partial charge in [0, 0.05) is 0 Å². The Bertz CT molecular complexity index is 608. The zero-order valence-corrected chi connectivity index (χ0v) is 10.3. The minimum Gasteiger partial charge on any atom is -0.478 e. The molecular weight excluding hydrogens is 277 g/mol. The molecule has 19 heavy (non-hydrogen) atoms. The number of carbonyl (C=O) groups is 1. The van der Waals surface area contributed by atoms with Crippen LogP contribution in [0.25, 0.3) is 5.69 Å². The van der Waals surface area contributed by atoms with Crippen molar-refractivity contribution in [1.29, 1.82) is 0 Å². The molecule has 1 heterocycles. The highest BCUT2D eigenvalue weighted by Gasteiger charge is 2.19. The summed E-state index contributed by atoms with van der Waals surface area (Å²) >= 11 is 5.69. The number of aromatic carboxylic acids is 1. The molecule has 6 nitrogen and oxygen atoms in total. The Balaban J connectivity index is 2.71. The highest BCUT2D eigenvalue weighted by atomic mass is 35.5. The lowest BCUT2D eigenvalue weighted by atomic mass is 10.1. The molecule has 0 unspecified atom stereocenters. The minimum absolute atomic E-state index is 0.0244. The van der Waals surface area contributed by atoms with Crippen molar-refractivity contribution >= 4 is 17.6 Å². The first-order valence-corrected chi connectivity index (χ1v) is 5.75. The normalized spacial score (nSPS) is 10.7. The third kappa shape index (κ3) is 2.42. The van der Waals surface area contributed by atoms with Crippen LogP contribution < -0.4 is 0 Å². The summed E-state index contributed by atoms with van der Waals surface area (Å²) < 4.78 is 14.4. The van der Waals surface area contributed by atoms with Gasteiger partial charge in [-0.2, -0.15) is 0 Å². The number of hydrogen-bond acceptors (Lipinski definition) is 4. The fourth-order valence-electron chi connectivity index (χ4n) is 1.70. The summed E-state index contributed by atoms with van der Waals surface area (Å²) in [6, 6.07) is 3.27. The maximum atomic E-state index is 13.1. The van der Waals surface area contributed by atoms with Gasteiger partial charge in [-0.05, 0) is 18.2 Å². The SMILES string of the molecule is O=C(O)c1cc(F)ccc1-n1c(CO)nnc1CCl. The molecule has 0 atom stereocenters. The third-order valence-corrected chi connectivity index (χ3v) is 2.73. The molecule has 2 aromatic rings. The summed E-state index contributed by atoms with van der Waals surface area (Å²) in [7, 11) is 0. The summed E-state index contributed by atoms with van der Waals surface area (Å²) in [6.07, 6.45) is 0. The molecule has 0 saturated carbocycles. The zero-order valence-electron chi connectivity index (χ0n) is 9.55. The molecule has 1 aromatic carbocycles. The number of hydrogen-bond donors (Lipinski definition) is 2. The van der Waals surface area contributed by atoms with E-state index in [2.05, 4.69) is 10.2 Å². The summed E-state index contributed by atoms with van der Waals surface area (Å²) in [4.78, 5) is 11.2. The Labute approximate surface area is 112 Å². The second kappa shape index (κ2) is 5.33. The zero-order chi connectivity index (χ0) is 14.0. The number of aliphatic hydroxyl groups is 1. The number of alkyl halides is 1. The molecule has 0 aliphatic heterocycles. The van der Waals surface area contributed by atoms with Gasteiger partial charge in [0.2, 0.25) is 0 Å². The van der Waals surface area contributed by atoms with E-state index in [0.29, 0.717) is 0 Å². The van der Waals surface area contributed by atoms with Crippen LogP contribution in [0.15, 0.2) is 18.2 Å². The van der Waals surface area contributed by atoms with Crippen molar-refractivity contribution in [3.8, 4) is 5.69 Å². The Hall–Kier alpha value is -1.99. The third-order valence-electron chi connectivity index (χ3n) is 2.49. The van der Waals surface area contributed by atoms with Gasteiger partial charge in [0.05, 0.1) is 17.1 Å². The quantitative estimate of drug-likeness (QED) is 0.828. The van der Waals surface area contributed by atoms with Crippen LogP contribution in [-0.2, 0) is 12.5 Å². The number of benzene rings is 1. The lowest BCUT2D eigenvalue weighted by Gasteiger charge is -2.11. The molecule has 2 rings (SSSR count). The molecule has 1 aromatic heterocycles. The fourth-order valence-corrected chi connectivity index (χ4v) is 1.87. The van der Waals surface area contributed by atoms with Crippen LogP contribution in [-0.4, -0.2) is 30.9 Å². The van der Waals surface area contributed by atoms with Gasteiger partial charge < -0.3 is 10.2 Å². The smallest absolute Gasteiger partial charge is 0.337 e. The van der Waals surface area contributed by atoms with E-state index >= 15 is 0 Å². The molecule has 0 aliphatic rings. The Morgan fingerprint density at radius 3 is 2.63 bits per heavy atom. The van der Waals surface area contributed by atoms with Gasteiger partial charge in [-0.25, -0.2) is 9.18 Å². The average Bonchev–Trinajstić information content (AvgIpc) is 2.81. The van der Waals surface area contributed by atoms with Crippen molar-refractivity contribution < 1.29 is 19.4 Å². The number of nitrogens with zero attached hydrogens (tertiary/aromatic N) is 3. The topological polar surface area (TPSA) is 88.2 Å². The highest BCUT2D eigenvalue weighted by molar-refractivity contribution is 6.16. The van der Waals surface area contributed by atoms with E-state index < -0.39 is 18.4 Å². The molecule has 2 N–H and O–H groups in total. The predicted octanol–water partition coefficient (Wildman–Crippen LogP) is 1.34. The first kappa shape index (κ1) is 13.4. The Kier molecular flexibility index (Phi) is 3.77. The van der Waals surface area contributed by atoms with Crippen LogP contribution in [0.4, 0.5) is 4.39 Å². The minimum atomic E-state index is -1.30. The van der Waals surface area contributed by atoms with Crippen molar-refractivity contribution in [2.75, 3.05) is 0 Å². The molecule has 0 spiro atoms. The van der Waals surface area contributed by atoms with Crippen LogP contribution >= 0.6 is 11.6 Å². The summed E-state index contributed by atoms with van der Waals surface area (Å²) in [5.41, 5.74) is -0.112. The number of carboxylic acid groups (broad SMARTS) is 1. The van der Waals surface area contributed by atoms with Crippen molar-refractivity contribution in [3.63, 3.8) is 0 Å². The lowest BCUT2D eigenvalue weighted by Crippen LogP contribution is -2.11.